The van der Waals surface area contributed by atoms with E-state index >= 15 is 0 Å². The van der Waals surface area contributed by atoms with E-state index in [4.69, 9.17) is 5.11 Å². The number of fused-ring (bicyclic) bond motifs is 3. The first-order valence-electron chi connectivity index (χ1n) is 7.31. The topological polar surface area (TPSA) is 95.7 Å². The highest BCUT2D eigenvalue weighted by Gasteiger charge is 2.14. The number of hydrogen-bond acceptors (Lipinski definition) is 6. The second-order valence-corrected chi connectivity index (χ2v) is 5.54. The van der Waals surface area contributed by atoms with Crippen LogP contribution in [0.2, 0.25) is 0 Å². The monoisotopic (exact) mass is 314 g/mol. The van der Waals surface area contributed by atoms with Crippen LogP contribution in [0, 0.1) is 0 Å². The van der Waals surface area contributed by atoms with Gasteiger partial charge in [-0.25, -0.2) is 14.3 Å². The number of nitrogens with one attached hydrogen (secondary N) is 1. The third-order valence-corrected chi connectivity index (χ3v) is 3.49. The van der Waals surface area contributed by atoms with E-state index in [0.29, 0.717) is 11.5 Å². The van der Waals surface area contributed by atoms with Gasteiger partial charge in [0.2, 0.25) is 0 Å². The minimum absolute atomic E-state index is 0.0348. The molecule has 0 aliphatic carbocycles. The lowest BCUT2D eigenvalue weighted by Crippen LogP contribution is -2.17. The molecule has 0 radical (unpaired) electrons. The molecule has 0 aliphatic rings. The summed E-state index contributed by atoms with van der Waals surface area (Å²) < 4.78 is 1.51. The highest BCUT2D eigenvalue weighted by Crippen LogP contribution is 2.22. The van der Waals surface area contributed by atoms with Crippen molar-refractivity contribution in [1.82, 2.24) is 24.5 Å². The van der Waals surface area contributed by atoms with Gasteiger partial charge in [-0.3, -0.25) is 4.98 Å². The number of hydrogen-bond donors (Lipinski definition) is 2. The molecule has 0 saturated carbocycles. The van der Waals surface area contributed by atoms with Gasteiger partial charge in [-0.2, -0.15) is 5.10 Å². The third kappa shape index (κ3) is 3.07. The van der Waals surface area contributed by atoms with Gasteiger partial charge in [0.1, 0.15) is 5.82 Å². The molecular formula is C15H18N6O2. The number of carboxylic acids is 1. The summed E-state index contributed by atoms with van der Waals surface area (Å²) in [6.45, 7) is 1.75. The van der Waals surface area contributed by atoms with Crippen LogP contribution in [0.25, 0.3) is 16.6 Å². The van der Waals surface area contributed by atoms with Crippen LogP contribution in [0.3, 0.4) is 0 Å². The molecule has 3 heterocycles. The van der Waals surface area contributed by atoms with Gasteiger partial charge in [0.05, 0.1) is 11.7 Å². The number of carboxylic acid groups (broad SMARTS) is 1. The zero-order chi connectivity index (χ0) is 16.4. The Morgan fingerprint density at radius 1 is 1.43 bits per heavy atom. The van der Waals surface area contributed by atoms with Gasteiger partial charge in [-0.1, -0.05) is 0 Å². The number of pyridine rings is 1. The summed E-state index contributed by atoms with van der Waals surface area (Å²) in [4.78, 5) is 21.9. The average Bonchev–Trinajstić information content (AvgIpc) is 2.96. The van der Waals surface area contributed by atoms with Crippen molar-refractivity contribution in [3.63, 3.8) is 0 Å². The standard InChI is InChI=1S/C15H18N6O2/c1-20(2)7-3-5-17-14-10-4-6-16-9-12(10)21-13(18-14)8-11(19-21)15(22)23/h4,6,8-9H,3,5,7H2,1-2H3,(H,17,18)(H,22,23). The van der Waals surface area contributed by atoms with Crippen molar-refractivity contribution < 1.29 is 9.90 Å². The second kappa shape index (κ2) is 6.17. The van der Waals surface area contributed by atoms with Crippen LogP contribution in [0.4, 0.5) is 5.82 Å². The zero-order valence-electron chi connectivity index (χ0n) is 13.0. The predicted octanol–water partition coefficient (Wildman–Crippen LogP) is 1.34. The van der Waals surface area contributed by atoms with Gasteiger partial charge in [0, 0.05) is 24.2 Å². The molecule has 3 aromatic rings. The van der Waals surface area contributed by atoms with Crippen LogP contribution in [0.15, 0.2) is 24.5 Å². The molecule has 0 saturated heterocycles. The molecule has 0 bridgehead atoms. The Labute approximate surface area is 132 Å². The molecule has 0 fully saturated rings. The lowest BCUT2D eigenvalue weighted by atomic mass is 10.3. The lowest BCUT2D eigenvalue weighted by molar-refractivity contribution is 0.0690. The van der Waals surface area contributed by atoms with Gasteiger partial charge in [-0.15, -0.1) is 0 Å². The van der Waals surface area contributed by atoms with Gasteiger partial charge in [-0.05, 0) is 33.1 Å². The Morgan fingerprint density at radius 3 is 3.00 bits per heavy atom. The van der Waals surface area contributed by atoms with Crippen molar-refractivity contribution in [3.05, 3.63) is 30.2 Å². The minimum Gasteiger partial charge on any atom is -0.476 e. The minimum atomic E-state index is -1.08. The van der Waals surface area contributed by atoms with E-state index < -0.39 is 5.97 Å². The summed E-state index contributed by atoms with van der Waals surface area (Å²) in [5.41, 5.74) is 1.17. The number of aromatic nitrogens is 4. The summed E-state index contributed by atoms with van der Waals surface area (Å²) in [7, 11) is 4.07. The Balaban J connectivity index is 2.00. The highest BCUT2D eigenvalue weighted by molar-refractivity contribution is 5.92. The molecule has 120 valence electrons. The van der Waals surface area contributed by atoms with Crippen molar-refractivity contribution in [1.29, 1.82) is 0 Å². The first-order valence-corrected chi connectivity index (χ1v) is 7.31. The molecule has 2 N–H and O–H groups in total. The number of carbonyl (C=O) groups is 1. The maximum Gasteiger partial charge on any atom is 0.356 e. The Morgan fingerprint density at radius 2 is 2.26 bits per heavy atom. The van der Waals surface area contributed by atoms with E-state index in [2.05, 4.69) is 25.3 Å². The van der Waals surface area contributed by atoms with Gasteiger partial charge in [0.15, 0.2) is 11.3 Å². The smallest absolute Gasteiger partial charge is 0.356 e. The van der Waals surface area contributed by atoms with E-state index in [1.54, 1.807) is 12.4 Å². The fourth-order valence-electron chi connectivity index (χ4n) is 2.40. The molecule has 3 aromatic heterocycles. The number of anilines is 1. The van der Waals surface area contributed by atoms with Crippen LogP contribution in [0.1, 0.15) is 16.9 Å². The molecule has 8 nitrogen and oxygen atoms in total. The molecule has 0 atom stereocenters. The molecule has 0 aliphatic heterocycles. The van der Waals surface area contributed by atoms with Crippen LogP contribution in [0.5, 0.6) is 0 Å². The quantitative estimate of drug-likeness (QED) is 0.663. The fourth-order valence-corrected chi connectivity index (χ4v) is 2.40. The van der Waals surface area contributed by atoms with Gasteiger partial charge in [0.25, 0.3) is 0 Å². The van der Waals surface area contributed by atoms with E-state index in [9.17, 15) is 4.79 Å². The first kappa shape index (κ1) is 15.2. The maximum atomic E-state index is 11.1. The number of rotatable bonds is 6. The molecule has 0 aromatic carbocycles. The second-order valence-electron chi connectivity index (χ2n) is 5.54. The highest BCUT2D eigenvalue weighted by atomic mass is 16.4. The Hall–Kier alpha value is -2.74. The van der Waals surface area contributed by atoms with Crippen LogP contribution < -0.4 is 5.32 Å². The zero-order valence-corrected chi connectivity index (χ0v) is 13.0. The Bertz CT molecular complexity index is 858. The number of aromatic carboxylic acids is 1. The summed E-state index contributed by atoms with van der Waals surface area (Å²) in [5, 5.41) is 17.4. The lowest BCUT2D eigenvalue weighted by Gasteiger charge is -2.12. The molecular weight excluding hydrogens is 296 g/mol. The van der Waals surface area contributed by atoms with Crippen LogP contribution in [-0.2, 0) is 0 Å². The van der Waals surface area contributed by atoms with Crippen molar-refractivity contribution in [2.75, 3.05) is 32.5 Å². The van der Waals surface area contributed by atoms with Crippen molar-refractivity contribution in [2.45, 2.75) is 6.42 Å². The third-order valence-electron chi connectivity index (χ3n) is 3.49. The van der Waals surface area contributed by atoms with Crippen molar-refractivity contribution in [2.24, 2.45) is 0 Å². The largest absolute Gasteiger partial charge is 0.476 e. The average molecular weight is 314 g/mol. The van der Waals surface area contributed by atoms with E-state index in [-0.39, 0.29) is 5.69 Å². The van der Waals surface area contributed by atoms with E-state index in [0.717, 1.165) is 30.4 Å². The molecule has 3 rings (SSSR count). The maximum absolute atomic E-state index is 11.1. The van der Waals surface area contributed by atoms with Gasteiger partial charge < -0.3 is 15.3 Å². The van der Waals surface area contributed by atoms with E-state index in [1.807, 2.05) is 20.2 Å². The van der Waals surface area contributed by atoms with E-state index in [1.165, 1.54) is 10.6 Å². The van der Waals surface area contributed by atoms with Crippen molar-refractivity contribution in [3.8, 4) is 0 Å². The van der Waals surface area contributed by atoms with Crippen molar-refractivity contribution >= 4 is 28.3 Å². The molecule has 23 heavy (non-hydrogen) atoms. The summed E-state index contributed by atoms with van der Waals surface area (Å²) in [6.07, 6.45) is 4.32. The fraction of sp³-hybridized carbons (Fsp3) is 0.333. The predicted molar refractivity (Wildman–Crippen MR) is 86.9 cm³/mol. The molecule has 0 spiro atoms. The molecule has 8 heteroatoms. The first-order chi connectivity index (χ1) is 11.1. The van der Waals surface area contributed by atoms with Gasteiger partial charge >= 0.3 is 5.97 Å². The van der Waals surface area contributed by atoms with Crippen LogP contribution >= 0.6 is 0 Å². The number of nitrogens with zero attached hydrogens (tertiary/aromatic N) is 5. The normalized spacial score (nSPS) is 11.4. The molecule has 0 amide bonds. The summed E-state index contributed by atoms with van der Waals surface area (Å²) in [5.74, 6) is -0.362. The summed E-state index contributed by atoms with van der Waals surface area (Å²) in [6, 6.07) is 3.30. The molecule has 0 unspecified atom stereocenters. The van der Waals surface area contributed by atoms with Crippen LogP contribution in [-0.4, -0.2) is 62.7 Å². The SMILES string of the molecule is CN(C)CCCNc1nc2cc(C(=O)O)nn2c2cnccc12. The Kier molecular flexibility index (Phi) is 4.07. The summed E-state index contributed by atoms with van der Waals surface area (Å²) >= 11 is 0.